The predicted molar refractivity (Wildman–Crippen MR) is 91.7 cm³/mol. The van der Waals surface area contributed by atoms with E-state index in [1.54, 1.807) is 18.7 Å². The summed E-state index contributed by atoms with van der Waals surface area (Å²) in [5.74, 6) is 0. The molecule has 0 radical (unpaired) electrons. The Morgan fingerprint density at radius 1 is 1.00 bits per heavy atom. The molecule has 1 aromatic carbocycles. The Hall–Kier alpha value is -1.75. The number of benzene rings is 1. The molecule has 1 saturated heterocycles. The molecule has 0 atom stereocenters. The van der Waals surface area contributed by atoms with Gasteiger partial charge in [-0.25, -0.2) is 4.79 Å². The van der Waals surface area contributed by atoms with E-state index in [2.05, 4.69) is 4.90 Å². The molecule has 1 aliphatic heterocycles. The van der Waals surface area contributed by atoms with Crippen LogP contribution in [0.1, 0.15) is 40.2 Å². The van der Waals surface area contributed by atoms with Crippen LogP contribution in [0.3, 0.4) is 0 Å². The molecule has 2 rings (SSSR count). The number of carbonyl (C=O) groups is 1. The molecule has 1 heterocycles. The van der Waals surface area contributed by atoms with Gasteiger partial charge < -0.3 is 19.6 Å². The van der Waals surface area contributed by atoms with Crippen molar-refractivity contribution in [2.75, 3.05) is 31.1 Å². The average Bonchev–Trinajstić information content (AvgIpc) is 2.45. The van der Waals surface area contributed by atoms with Crippen LogP contribution in [0, 0.1) is 0 Å². The van der Waals surface area contributed by atoms with Crippen LogP contribution in [-0.2, 0) is 10.3 Å². The van der Waals surface area contributed by atoms with Crippen LogP contribution in [0.15, 0.2) is 24.3 Å². The minimum absolute atomic E-state index is 0.241. The number of rotatable bonds is 2. The van der Waals surface area contributed by atoms with E-state index in [1.165, 1.54) is 0 Å². The number of nitrogens with zero attached hydrogens (tertiary/aromatic N) is 2. The Kier molecular flexibility index (Phi) is 4.90. The zero-order valence-corrected chi connectivity index (χ0v) is 14.8. The minimum atomic E-state index is -0.825. The van der Waals surface area contributed by atoms with E-state index in [1.807, 2.05) is 45.0 Å². The van der Waals surface area contributed by atoms with Gasteiger partial charge in [0.25, 0.3) is 0 Å². The van der Waals surface area contributed by atoms with Crippen molar-refractivity contribution in [3.05, 3.63) is 29.8 Å². The van der Waals surface area contributed by atoms with E-state index in [4.69, 9.17) is 4.74 Å². The summed E-state index contributed by atoms with van der Waals surface area (Å²) in [5, 5.41) is 10.0. The summed E-state index contributed by atoms with van der Waals surface area (Å²) >= 11 is 0. The molecule has 1 aliphatic rings. The third-order valence-electron chi connectivity index (χ3n) is 3.87. The van der Waals surface area contributed by atoms with Crippen molar-refractivity contribution in [3.63, 3.8) is 0 Å². The highest BCUT2D eigenvalue weighted by atomic mass is 16.6. The summed E-state index contributed by atoms with van der Waals surface area (Å²) in [6.45, 7) is 12.1. The lowest BCUT2D eigenvalue weighted by molar-refractivity contribution is 0.0240. The first kappa shape index (κ1) is 17.6. The maximum atomic E-state index is 12.1. The molecular formula is C18H28N2O3. The van der Waals surface area contributed by atoms with Crippen molar-refractivity contribution in [1.29, 1.82) is 0 Å². The second-order valence-electron chi connectivity index (χ2n) is 7.56. The van der Waals surface area contributed by atoms with Gasteiger partial charge >= 0.3 is 6.09 Å². The van der Waals surface area contributed by atoms with Gasteiger partial charge in [0.2, 0.25) is 0 Å². The van der Waals surface area contributed by atoms with Crippen molar-refractivity contribution < 1.29 is 14.6 Å². The highest BCUT2D eigenvalue weighted by Gasteiger charge is 2.26. The summed E-state index contributed by atoms with van der Waals surface area (Å²) in [6.07, 6.45) is -0.241. The topological polar surface area (TPSA) is 53.0 Å². The molecule has 5 heteroatoms. The van der Waals surface area contributed by atoms with Gasteiger partial charge in [-0.05, 0) is 52.3 Å². The molecule has 1 amide bonds. The Morgan fingerprint density at radius 3 is 1.96 bits per heavy atom. The zero-order chi connectivity index (χ0) is 17.3. The van der Waals surface area contributed by atoms with Gasteiger partial charge in [0.05, 0.1) is 5.60 Å². The van der Waals surface area contributed by atoms with Crippen molar-refractivity contribution in [2.45, 2.75) is 45.8 Å². The van der Waals surface area contributed by atoms with E-state index < -0.39 is 11.2 Å². The van der Waals surface area contributed by atoms with Crippen molar-refractivity contribution >= 4 is 11.8 Å². The summed E-state index contributed by atoms with van der Waals surface area (Å²) in [7, 11) is 0. The highest BCUT2D eigenvalue weighted by Crippen LogP contribution is 2.24. The minimum Gasteiger partial charge on any atom is -0.444 e. The standard InChI is InChI=1S/C18H28N2O3/c1-17(2,3)23-16(21)20-12-10-19(11-13-20)15-8-6-14(7-9-15)18(4,5)22/h6-9,22H,10-13H2,1-5H3. The Morgan fingerprint density at radius 2 is 1.52 bits per heavy atom. The molecule has 1 N–H and O–H groups in total. The summed E-state index contributed by atoms with van der Waals surface area (Å²) in [5.41, 5.74) is 0.727. The Bertz CT molecular complexity index is 533. The summed E-state index contributed by atoms with van der Waals surface area (Å²) in [6, 6.07) is 7.96. The lowest BCUT2D eigenvalue weighted by atomic mass is 9.98. The van der Waals surface area contributed by atoms with Crippen molar-refractivity contribution in [3.8, 4) is 0 Å². The Labute approximate surface area is 138 Å². The second kappa shape index (κ2) is 6.40. The number of hydrogen-bond donors (Lipinski definition) is 1. The first-order valence-corrected chi connectivity index (χ1v) is 8.12. The van der Waals surface area contributed by atoms with Gasteiger partial charge in [-0.15, -0.1) is 0 Å². The third kappa shape index (κ3) is 4.86. The first-order chi connectivity index (χ1) is 10.6. The maximum absolute atomic E-state index is 12.1. The molecule has 5 nitrogen and oxygen atoms in total. The van der Waals surface area contributed by atoms with Gasteiger partial charge in [-0.1, -0.05) is 12.1 Å². The molecule has 1 fully saturated rings. The van der Waals surface area contributed by atoms with Crippen LogP contribution in [0.2, 0.25) is 0 Å². The normalized spacial score (nSPS) is 16.4. The fraction of sp³-hybridized carbons (Fsp3) is 0.611. The number of amides is 1. The third-order valence-corrected chi connectivity index (χ3v) is 3.87. The molecule has 0 spiro atoms. The lowest BCUT2D eigenvalue weighted by Gasteiger charge is -2.37. The predicted octanol–water partition coefficient (Wildman–Crippen LogP) is 2.97. The fourth-order valence-electron chi connectivity index (χ4n) is 2.55. The van der Waals surface area contributed by atoms with Crippen LogP contribution >= 0.6 is 0 Å². The van der Waals surface area contributed by atoms with E-state index in [0.29, 0.717) is 13.1 Å². The zero-order valence-electron chi connectivity index (χ0n) is 14.8. The van der Waals surface area contributed by atoms with Gasteiger partial charge in [0.1, 0.15) is 5.60 Å². The molecule has 0 saturated carbocycles. The van der Waals surface area contributed by atoms with Crippen LogP contribution < -0.4 is 4.90 Å². The van der Waals surface area contributed by atoms with Crippen LogP contribution in [-0.4, -0.2) is 47.9 Å². The van der Waals surface area contributed by atoms with Crippen LogP contribution in [0.25, 0.3) is 0 Å². The van der Waals surface area contributed by atoms with E-state index in [0.717, 1.165) is 24.3 Å². The second-order valence-corrected chi connectivity index (χ2v) is 7.56. The quantitative estimate of drug-likeness (QED) is 0.910. The monoisotopic (exact) mass is 320 g/mol. The van der Waals surface area contributed by atoms with Crippen LogP contribution in [0.5, 0.6) is 0 Å². The molecule has 1 aromatic rings. The van der Waals surface area contributed by atoms with E-state index in [9.17, 15) is 9.90 Å². The lowest BCUT2D eigenvalue weighted by Crippen LogP contribution is -2.50. The van der Waals surface area contributed by atoms with Crippen LogP contribution in [0.4, 0.5) is 10.5 Å². The van der Waals surface area contributed by atoms with Gasteiger partial charge in [-0.3, -0.25) is 0 Å². The molecule has 0 unspecified atom stereocenters. The van der Waals surface area contributed by atoms with Gasteiger partial charge in [0, 0.05) is 31.9 Å². The largest absolute Gasteiger partial charge is 0.444 e. The molecule has 23 heavy (non-hydrogen) atoms. The highest BCUT2D eigenvalue weighted by molar-refractivity contribution is 5.68. The molecular weight excluding hydrogens is 292 g/mol. The summed E-state index contributed by atoms with van der Waals surface area (Å²) < 4.78 is 5.41. The number of anilines is 1. The molecule has 0 aromatic heterocycles. The number of ether oxygens (including phenoxy) is 1. The summed E-state index contributed by atoms with van der Waals surface area (Å²) in [4.78, 5) is 16.1. The smallest absolute Gasteiger partial charge is 0.410 e. The molecule has 0 bridgehead atoms. The maximum Gasteiger partial charge on any atom is 0.410 e. The molecule has 0 aliphatic carbocycles. The van der Waals surface area contributed by atoms with Crippen molar-refractivity contribution in [1.82, 2.24) is 4.90 Å². The number of carbonyl (C=O) groups excluding carboxylic acids is 1. The SMILES string of the molecule is CC(C)(C)OC(=O)N1CCN(c2ccc(C(C)(C)O)cc2)CC1. The van der Waals surface area contributed by atoms with E-state index in [-0.39, 0.29) is 6.09 Å². The number of piperazine rings is 1. The number of aliphatic hydroxyl groups is 1. The average molecular weight is 320 g/mol. The Balaban J connectivity index is 1.93. The first-order valence-electron chi connectivity index (χ1n) is 8.12. The van der Waals surface area contributed by atoms with Crippen molar-refractivity contribution in [2.24, 2.45) is 0 Å². The van der Waals surface area contributed by atoms with Gasteiger partial charge in [0.15, 0.2) is 0 Å². The van der Waals surface area contributed by atoms with E-state index >= 15 is 0 Å². The molecule has 128 valence electrons. The number of hydrogen-bond acceptors (Lipinski definition) is 4. The fourth-order valence-corrected chi connectivity index (χ4v) is 2.55. The van der Waals surface area contributed by atoms with Gasteiger partial charge in [-0.2, -0.15) is 0 Å².